The predicted molar refractivity (Wildman–Crippen MR) is 294 cm³/mol. The topological polar surface area (TPSA) is 165 Å². The van der Waals surface area contributed by atoms with Gasteiger partial charge in [-0.25, -0.2) is 34.3 Å². The van der Waals surface area contributed by atoms with Gasteiger partial charge in [-0.05, 0) is 77.9 Å². The number of thiazole rings is 3. The molecule has 3 aromatic carbocycles. The Hall–Kier alpha value is -5.00. The molecule has 0 aliphatic rings. The molecule has 1 N–H and O–H groups in total. The van der Waals surface area contributed by atoms with Crippen LogP contribution in [0.3, 0.4) is 0 Å². The quantitative estimate of drug-likeness (QED) is 0.0638. The van der Waals surface area contributed by atoms with E-state index in [1.54, 1.807) is 66.1 Å². The summed E-state index contributed by atoms with van der Waals surface area (Å²) in [5.41, 5.74) is 4.01. The molecule has 0 atom stereocenters. The summed E-state index contributed by atoms with van der Waals surface area (Å²) in [5, 5.41) is 11.0. The second-order valence-electron chi connectivity index (χ2n) is 16.8. The molecule has 71 heavy (non-hydrogen) atoms. The Labute approximate surface area is 452 Å². The number of hydrogen-bond acceptors (Lipinski definition) is 17. The fraction of sp³-hybridized carbons (Fsp3) is 0.408. The van der Waals surface area contributed by atoms with Crippen LogP contribution in [0.1, 0.15) is 75.3 Å². The van der Waals surface area contributed by atoms with Gasteiger partial charge < -0.3 is 43.2 Å². The Bertz CT molecular complexity index is 2490. The minimum Gasteiger partial charge on any atom is -0.497 e. The Morgan fingerprint density at radius 2 is 0.944 bits per heavy atom. The van der Waals surface area contributed by atoms with Crippen molar-refractivity contribution in [3.05, 3.63) is 105 Å². The molecule has 2 amide bonds. The average molecular weight is 1190 g/mol. The van der Waals surface area contributed by atoms with E-state index in [0.29, 0.717) is 51.4 Å². The Morgan fingerprint density at radius 3 is 1.30 bits per heavy atom. The van der Waals surface area contributed by atoms with Gasteiger partial charge in [0.2, 0.25) is 0 Å². The van der Waals surface area contributed by atoms with E-state index >= 15 is 0 Å². The molecule has 0 aliphatic carbocycles. The molecule has 3 aromatic heterocycles. The maximum atomic E-state index is 12.8. The van der Waals surface area contributed by atoms with Crippen molar-refractivity contribution < 1.29 is 47.5 Å². The van der Waals surface area contributed by atoms with E-state index in [2.05, 4.69) is 42.9 Å². The van der Waals surface area contributed by atoms with Gasteiger partial charge in [0.15, 0.2) is 15.4 Å². The number of aromatic nitrogens is 3. The summed E-state index contributed by atoms with van der Waals surface area (Å²) in [7, 11) is 9.63. The fourth-order valence-electron chi connectivity index (χ4n) is 5.94. The summed E-state index contributed by atoms with van der Waals surface area (Å²) in [4.78, 5) is 41.9. The number of carbonyl (C=O) groups is 2. The minimum atomic E-state index is -0.619. The molecular formula is C49H61Cl2IN6O10S3. The van der Waals surface area contributed by atoms with E-state index in [9.17, 15) is 9.59 Å². The van der Waals surface area contributed by atoms with Gasteiger partial charge in [0, 0.05) is 62.0 Å². The number of nitrogens with one attached hydrogen (secondary N) is 1. The molecule has 0 radical (unpaired) electrons. The maximum absolute atomic E-state index is 12.8. The third-order valence-electron chi connectivity index (χ3n) is 9.30. The van der Waals surface area contributed by atoms with E-state index in [4.69, 9.17) is 61.1 Å². The second kappa shape index (κ2) is 28.3. The smallest absolute Gasteiger partial charge is 0.416 e. The van der Waals surface area contributed by atoms with Crippen LogP contribution >= 0.6 is 79.8 Å². The molecule has 0 spiro atoms. The van der Waals surface area contributed by atoms with Crippen LogP contribution in [0.4, 0.5) is 25.0 Å². The first-order chi connectivity index (χ1) is 33.8. The summed E-state index contributed by atoms with van der Waals surface area (Å²) in [5.74, 6) is 4.91. The van der Waals surface area contributed by atoms with Gasteiger partial charge in [0.1, 0.15) is 45.7 Å². The zero-order valence-corrected chi connectivity index (χ0v) is 48.0. The molecule has 0 saturated carbocycles. The van der Waals surface area contributed by atoms with Crippen LogP contribution < -0.4 is 43.5 Å². The van der Waals surface area contributed by atoms with Crippen molar-refractivity contribution in [2.75, 3.05) is 57.8 Å². The highest BCUT2D eigenvalue weighted by molar-refractivity contribution is 14.1. The molecule has 0 unspecified atom stereocenters. The third kappa shape index (κ3) is 18.5. The van der Waals surface area contributed by atoms with Gasteiger partial charge in [-0.15, -0.1) is 57.2 Å². The van der Waals surface area contributed by atoms with E-state index in [1.165, 1.54) is 32.5 Å². The summed E-state index contributed by atoms with van der Waals surface area (Å²) in [6, 6.07) is 16.7. The van der Waals surface area contributed by atoms with Crippen molar-refractivity contribution in [2.24, 2.45) is 0 Å². The highest BCUT2D eigenvalue weighted by Gasteiger charge is 2.28. The Balaban J connectivity index is 0.000000235. The predicted octanol–water partition coefficient (Wildman–Crippen LogP) is 13.4. The van der Waals surface area contributed by atoms with Crippen LogP contribution in [0, 0.1) is 0 Å². The van der Waals surface area contributed by atoms with Crippen LogP contribution in [0.2, 0.25) is 0 Å². The lowest BCUT2D eigenvalue weighted by atomic mass is 10.2. The molecule has 0 saturated heterocycles. The molecule has 386 valence electrons. The van der Waals surface area contributed by atoms with E-state index in [1.807, 2.05) is 100 Å². The number of ether oxygens (including phenoxy) is 8. The van der Waals surface area contributed by atoms with Crippen molar-refractivity contribution in [3.63, 3.8) is 0 Å². The lowest BCUT2D eigenvalue weighted by molar-refractivity contribution is 0.0566. The minimum absolute atomic E-state index is 0.247. The molecule has 6 rings (SSSR count). The largest absolute Gasteiger partial charge is 0.497 e. The highest BCUT2D eigenvalue weighted by atomic mass is 127. The first-order valence-electron chi connectivity index (χ1n) is 21.7. The number of halogens is 3. The van der Waals surface area contributed by atoms with Gasteiger partial charge in [0.05, 0.1) is 84.6 Å². The van der Waals surface area contributed by atoms with Crippen molar-refractivity contribution in [1.82, 2.24) is 15.0 Å². The first kappa shape index (κ1) is 58.6. The molecule has 0 bridgehead atoms. The van der Waals surface area contributed by atoms with Crippen molar-refractivity contribution >= 4 is 107 Å². The lowest BCUT2D eigenvalue weighted by Crippen LogP contribution is -2.36. The molecule has 22 heteroatoms. The van der Waals surface area contributed by atoms with E-state index in [0.717, 1.165) is 49.1 Å². The molecule has 16 nitrogen and oxygen atoms in total. The Morgan fingerprint density at radius 1 is 0.563 bits per heavy atom. The molecule has 6 aromatic rings. The molecule has 0 aliphatic heterocycles. The lowest BCUT2D eigenvalue weighted by Gasteiger charge is -2.26. The number of carbonyl (C=O) groups excluding carboxylic acids is 2. The number of anilines is 3. The van der Waals surface area contributed by atoms with Crippen LogP contribution in [-0.2, 0) is 45.3 Å². The second-order valence-corrected chi connectivity index (χ2v) is 20.6. The average Bonchev–Trinajstić information content (AvgIpc) is 4.15. The zero-order valence-electron chi connectivity index (χ0n) is 41.8. The van der Waals surface area contributed by atoms with E-state index < -0.39 is 23.4 Å². The summed E-state index contributed by atoms with van der Waals surface area (Å²) < 4.78 is 43.8. The molecular weight excluding hydrogens is 1130 g/mol. The van der Waals surface area contributed by atoms with E-state index in [-0.39, 0.29) is 19.0 Å². The number of alkyl halides is 3. The summed E-state index contributed by atoms with van der Waals surface area (Å²) in [6.07, 6.45) is -0.921. The standard InChI is InChI=1S/C18H23ClN2O4S.C18H23IN2O4S.C13H15ClN2O2S/c2*1-18(2,3)25-17(22)21(16-20-13(9-19)11-26-16)10-12-6-7-14(23-4)8-15(12)24-5;1-17-11-4-3-9(12(5-11)18-2)7-15-13-16-10(6-14)8-19-13/h2*6-8,11H,9-10H2,1-5H3;3-5,8H,6-7H2,1-2H3,(H,15,16). The van der Waals surface area contributed by atoms with Gasteiger partial charge in [-0.1, -0.05) is 22.6 Å². The number of methoxy groups -OCH3 is 6. The van der Waals surface area contributed by atoms with Crippen molar-refractivity contribution in [1.29, 1.82) is 0 Å². The highest BCUT2D eigenvalue weighted by Crippen LogP contribution is 2.33. The number of nitrogens with zero attached hydrogens (tertiary/aromatic N) is 5. The number of hydrogen-bond donors (Lipinski definition) is 1. The van der Waals surface area contributed by atoms with Crippen LogP contribution in [0.15, 0.2) is 70.7 Å². The van der Waals surface area contributed by atoms with Crippen LogP contribution in [0.25, 0.3) is 0 Å². The monoisotopic (exact) mass is 1190 g/mol. The zero-order chi connectivity index (χ0) is 52.3. The first-order valence-corrected chi connectivity index (χ1v) is 26.9. The van der Waals surface area contributed by atoms with Crippen molar-refractivity contribution in [2.45, 2.75) is 88.6 Å². The van der Waals surface area contributed by atoms with Crippen LogP contribution in [-0.4, -0.2) is 81.0 Å². The summed E-state index contributed by atoms with van der Waals surface area (Å²) in [6.45, 7) is 12.2. The van der Waals surface area contributed by atoms with Crippen LogP contribution in [0.5, 0.6) is 34.5 Å². The fourth-order valence-corrected chi connectivity index (χ4v) is 9.42. The molecule has 3 heterocycles. The van der Waals surface area contributed by atoms with Gasteiger partial charge in [-0.3, -0.25) is 0 Å². The van der Waals surface area contributed by atoms with Crippen molar-refractivity contribution in [3.8, 4) is 34.5 Å². The number of benzene rings is 3. The SMILES string of the molecule is COc1ccc(CN(C(=O)OC(C)(C)C)c2nc(CCl)cs2)c(OC)c1.COc1ccc(CN(C(=O)OC(C)(C)C)c2nc(CI)cs2)c(OC)c1.COc1ccc(CNc2nc(CCl)cs2)c(OC)c1. The summed E-state index contributed by atoms with van der Waals surface area (Å²) >= 11 is 18.1. The Kier molecular flexibility index (Phi) is 23.3. The normalized spacial score (nSPS) is 10.9. The maximum Gasteiger partial charge on any atom is 0.416 e. The van der Waals surface area contributed by atoms with Gasteiger partial charge in [0.25, 0.3) is 0 Å². The van der Waals surface area contributed by atoms with Gasteiger partial charge in [-0.2, -0.15) is 0 Å². The molecule has 0 fully saturated rings. The number of amides is 2. The third-order valence-corrected chi connectivity index (χ3v) is 13.3. The number of rotatable bonds is 18. The van der Waals surface area contributed by atoms with Gasteiger partial charge >= 0.3 is 12.2 Å².